The predicted molar refractivity (Wildman–Crippen MR) is 29.3 cm³/mol. The van der Waals surface area contributed by atoms with Gasteiger partial charge >= 0.3 is 5.97 Å². The molecule has 1 fully saturated rings. The Balaban J connectivity index is 2.09. The normalized spacial score (nSPS) is 20.0. The van der Waals surface area contributed by atoms with Crippen LogP contribution in [-0.2, 0) is 4.79 Å². The first-order valence-corrected chi connectivity index (χ1v) is 2.84. The van der Waals surface area contributed by atoms with Crippen molar-refractivity contribution in [2.24, 2.45) is 0 Å². The van der Waals surface area contributed by atoms with Crippen LogP contribution in [0.3, 0.4) is 0 Å². The van der Waals surface area contributed by atoms with Crippen molar-refractivity contribution in [1.29, 1.82) is 0 Å². The van der Waals surface area contributed by atoms with Crippen LogP contribution >= 0.6 is 0 Å². The smallest absolute Gasteiger partial charge is 0.303 e. The van der Waals surface area contributed by atoms with Gasteiger partial charge in [-0.2, -0.15) is 0 Å². The minimum Gasteiger partial charge on any atom is -0.481 e. The zero-order valence-corrected chi connectivity index (χ0v) is 4.68. The molecule has 0 aromatic rings. The summed E-state index contributed by atoms with van der Waals surface area (Å²) in [6, 6.07) is 0. The van der Waals surface area contributed by atoms with Crippen molar-refractivity contribution in [3.05, 3.63) is 5.92 Å². The quantitative estimate of drug-likeness (QED) is 0.584. The van der Waals surface area contributed by atoms with E-state index in [0.717, 1.165) is 12.8 Å². The molecule has 2 nitrogen and oxygen atoms in total. The monoisotopic (exact) mass is 113 g/mol. The average Bonchev–Trinajstić information content (AvgIpc) is 1.55. The van der Waals surface area contributed by atoms with Crippen LogP contribution in [0.15, 0.2) is 0 Å². The summed E-state index contributed by atoms with van der Waals surface area (Å²) in [5.41, 5.74) is 0. The lowest BCUT2D eigenvalue weighted by Gasteiger charge is -2.21. The highest BCUT2D eigenvalue weighted by molar-refractivity contribution is 5.69. The highest BCUT2D eigenvalue weighted by Gasteiger charge is 2.20. The lowest BCUT2D eigenvalue weighted by molar-refractivity contribution is -0.136. The molecule has 0 unspecified atom stereocenters. The Morgan fingerprint density at radius 2 is 2.25 bits per heavy atom. The molecule has 1 aliphatic carbocycles. The second kappa shape index (κ2) is 2.16. The predicted octanol–water partition coefficient (Wildman–Crippen LogP) is 1.22. The van der Waals surface area contributed by atoms with Gasteiger partial charge in [0.15, 0.2) is 0 Å². The highest BCUT2D eigenvalue weighted by atomic mass is 16.4. The first-order valence-electron chi connectivity index (χ1n) is 2.84. The number of carboxylic acid groups (broad SMARTS) is 1. The van der Waals surface area contributed by atoms with Crippen LogP contribution in [0.5, 0.6) is 0 Å². The second-order valence-corrected chi connectivity index (χ2v) is 2.17. The fraction of sp³-hybridized carbons (Fsp3) is 0.667. The van der Waals surface area contributed by atoms with E-state index in [-0.39, 0.29) is 0 Å². The van der Waals surface area contributed by atoms with E-state index in [1.54, 1.807) is 0 Å². The van der Waals surface area contributed by atoms with Crippen molar-refractivity contribution in [3.63, 3.8) is 0 Å². The summed E-state index contributed by atoms with van der Waals surface area (Å²) in [5, 5.41) is 8.23. The topological polar surface area (TPSA) is 37.3 Å². The van der Waals surface area contributed by atoms with Crippen molar-refractivity contribution >= 4 is 5.97 Å². The van der Waals surface area contributed by atoms with Crippen LogP contribution < -0.4 is 0 Å². The van der Waals surface area contributed by atoms with Crippen LogP contribution in [0.1, 0.15) is 25.7 Å². The van der Waals surface area contributed by atoms with Gasteiger partial charge in [0.2, 0.25) is 0 Å². The van der Waals surface area contributed by atoms with E-state index in [1.807, 2.05) is 0 Å². The molecule has 1 N–H and O–H groups in total. The summed E-state index contributed by atoms with van der Waals surface area (Å²) >= 11 is 0. The van der Waals surface area contributed by atoms with Gasteiger partial charge in [-0.05, 0) is 18.8 Å². The number of aliphatic carboxylic acids is 1. The molecule has 0 spiro atoms. The van der Waals surface area contributed by atoms with Crippen LogP contribution in [0.25, 0.3) is 0 Å². The molecule has 1 saturated carbocycles. The van der Waals surface area contributed by atoms with Crippen molar-refractivity contribution in [2.75, 3.05) is 0 Å². The highest BCUT2D eigenvalue weighted by Crippen LogP contribution is 2.31. The van der Waals surface area contributed by atoms with Gasteiger partial charge in [0.05, 0.1) is 6.42 Å². The molecule has 0 aromatic carbocycles. The fourth-order valence-corrected chi connectivity index (χ4v) is 0.817. The van der Waals surface area contributed by atoms with Gasteiger partial charge in [0.25, 0.3) is 0 Å². The molecule has 0 atom stereocenters. The van der Waals surface area contributed by atoms with Crippen molar-refractivity contribution in [3.8, 4) is 0 Å². The lowest BCUT2D eigenvalue weighted by Crippen LogP contribution is -2.12. The number of carbonyl (C=O) groups is 1. The Morgan fingerprint density at radius 3 is 2.38 bits per heavy atom. The van der Waals surface area contributed by atoms with Gasteiger partial charge in [-0.15, -0.1) is 0 Å². The number of carboxylic acids is 1. The van der Waals surface area contributed by atoms with E-state index in [0.29, 0.717) is 6.42 Å². The molecule has 45 valence electrons. The Kier molecular flexibility index (Phi) is 1.51. The summed E-state index contributed by atoms with van der Waals surface area (Å²) in [4.78, 5) is 9.98. The maximum absolute atomic E-state index is 9.98. The molecule has 0 heterocycles. The first-order chi connectivity index (χ1) is 3.79. The molecule has 0 saturated heterocycles. The minimum atomic E-state index is -0.681. The number of hydrogen-bond donors (Lipinski definition) is 1. The maximum atomic E-state index is 9.98. The van der Waals surface area contributed by atoms with Crippen LogP contribution in [-0.4, -0.2) is 11.1 Å². The molecular weight excluding hydrogens is 104 g/mol. The van der Waals surface area contributed by atoms with E-state index in [9.17, 15) is 4.79 Å². The van der Waals surface area contributed by atoms with Crippen LogP contribution in [0.2, 0.25) is 0 Å². The lowest BCUT2D eigenvalue weighted by atomic mass is 9.83. The van der Waals surface area contributed by atoms with Crippen LogP contribution in [0, 0.1) is 5.92 Å². The summed E-state index contributed by atoms with van der Waals surface area (Å²) < 4.78 is 0. The molecule has 0 bridgehead atoms. The summed E-state index contributed by atoms with van der Waals surface area (Å²) in [6.07, 6.45) is 3.60. The van der Waals surface area contributed by atoms with Gasteiger partial charge in [-0.25, -0.2) is 0 Å². The molecule has 8 heavy (non-hydrogen) atoms. The Morgan fingerprint density at radius 1 is 1.62 bits per heavy atom. The molecule has 0 amide bonds. The number of hydrogen-bond acceptors (Lipinski definition) is 1. The van der Waals surface area contributed by atoms with Crippen molar-refractivity contribution in [1.82, 2.24) is 0 Å². The van der Waals surface area contributed by atoms with Gasteiger partial charge in [-0.1, -0.05) is 6.42 Å². The van der Waals surface area contributed by atoms with E-state index in [1.165, 1.54) is 12.3 Å². The first kappa shape index (κ1) is 5.60. The SMILES string of the molecule is O=C(O)C[C]1CCC1. The second-order valence-electron chi connectivity index (χ2n) is 2.17. The van der Waals surface area contributed by atoms with E-state index < -0.39 is 5.97 Å². The maximum Gasteiger partial charge on any atom is 0.303 e. The molecule has 0 aromatic heterocycles. The summed E-state index contributed by atoms with van der Waals surface area (Å²) in [5.74, 6) is 0.525. The van der Waals surface area contributed by atoms with Gasteiger partial charge < -0.3 is 5.11 Å². The average molecular weight is 113 g/mol. The third-order valence-electron chi connectivity index (χ3n) is 1.46. The van der Waals surface area contributed by atoms with Crippen molar-refractivity contribution < 1.29 is 9.90 Å². The van der Waals surface area contributed by atoms with Gasteiger partial charge in [0, 0.05) is 0 Å². The van der Waals surface area contributed by atoms with E-state index in [2.05, 4.69) is 0 Å². The molecule has 0 aliphatic heterocycles. The Bertz CT molecular complexity index is 94.7. The minimum absolute atomic E-state index is 0.306. The zero-order valence-electron chi connectivity index (χ0n) is 4.68. The third-order valence-corrected chi connectivity index (χ3v) is 1.46. The standard InChI is InChI=1S/C6H9O2/c7-6(8)4-5-2-1-3-5/h1-4H2,(H,7,8). The van der Waals surface area contributed by atoms with E-state index in [4.69, 9.17) is 5.11 Å². The summed E-state index contributed by atoms with van der Waals surface area (Å²) in [6.45, 7) is 0. The fourth-order valence-electron chi connectivity index (χ4n) is 0.817. The van der Waals surface area contributed by atoms with Crippen LogP contribution in [0.4, 0.5) is 0 Å². The molecular formula is C6H9O2. The van der Waals surface area contributed by atoms with Gasteiger partial charge in [-0.3, -0.25) is 4.79 Å². The Labute approximate surface area is 48.5 Å². The molecule has 1 aliphatic rings. The van der Waals surface area contributed by atoms with Crippen molar-refractivity contribution in [2.45, 2.75) is 25.7 Å². The summed E-state index contributed by atoms with van der Waals surface area (Å²) in [7, 11) is 0. The largest absolute Gasteiger partial charge is 0.481 e. The number of rotatable bonds is 2. The molecule has 1 radical (unpaired) electrons. The zero-order chi connectivity index (χ0) is 5.98. The molecule has 1 rings (SSSR count). The third kappa shape index (κ3) is 1.22. The Hall–Kier alpha value is -0.530. The van der Waals surface area contributed by atoms with E-state index >= 15 is 0 Å². The molecule has 2 heteroatoms. The van der Waals surface area contributed by atoms with Gasteiger partial charge in [0.1, 0.15) is 0 Å².